The first kappa shape index (κ1) is 26.2. The van der Waals surface area contributed by atoms with Crippen molar-refractivity contribution in [2.75, 3.05) is 36.0 Å². The predicted octanol–water partition coefficient (Wildman–Crippen LogP) is 6.68. The zero-order valence-corrected chi connectivity index (χ0v) is 25.8. The van der Waals surface area contributed by atoms with Crippen molar-refractivity contribution in [2.24, 2.45) is 0 Å². The number of fused-ring (bicyclic) bond motifs is 3. The zero-order valence-electron chi connectivity index (χ0n) is 25.8. The zero-order chi connectivity index (χ0) is 29.0. The fourth-order valence-corrected chi connectivity index (χ4v) is 8.58. The number of hydrogen-bond donors (Lipinski definition) is 0. The molecule has 0 saturated carbocycles. The second-order valence-electron chi connectivity index (χ2n) is 13.5. The van der Waals surface area contributed by atoms with Crippen LogP contribution >= 0.6 is 0 Å². The Morgan fingerprint density at radius 2 is 0.818 bits per heavy atom. The Bertz CT molecular complexity index is 1650. The van der Waals surface area contributed by atoms with Gasteiger partial charge in [-0.05, 0) is 120 Å². The SMILES string of the molecule is C(=C\c1cc[n+]2c(c1)-c1cc(/C=C/c3cc4c5c(c3)CCCN5CCC4)cc[n+]1CC2)/c1cc2c3c(c1)CCCN3CCC2. The molecule has 0 N–H and O–H groups in total. The van der Waals surface area contributed by atoms with Gasteiger partial charge in [-0.25, -0.2) is 0 Å². The van der Waals surface area contributed by atoms with E-state index in [1.165, 1.54) is 111 Å². The molecule has 4 nitrogen and oxygen atoms in total. The lowest BCUT2D eigenvalue weighted by Gasteiger charge is -2.37. The van der Waals surface area contributed by atoms with E-state index in [1.807, 2.05) is 0 Å². The molecule has 0 atom stereocenters. The summed E-state index contributed by atoms with van der Waals surface area (Å²) in [4.78, 5) is 5.25. The molecule has 2 aromatic heterocycles. The summed E-state index contributed by atoms with van der Waals surface area (Å²) in [6.07, 6.45) is 23.8. The molecule has 4 heteroatoms. The van der Waals surface area contributed by atoms with Crippen LogP contribution in [0.15, 0.2) is 60.9 Å². The standard InChI is InChI=1S/C40H42N4/c1-5-33-23-31(24-34-6-2-16-43(15-1)39(33)34)11-9-29-13-19-41-21-22-42-20-14-30(28-38(42)37(41)27-29)10-12-32-25-35-7-3-17-44-18-4-8-36(26-32)40(35)44/h9-14,19-20,23-28H,1-8,15-18,21-22H2/q+2. The van der Waals surface area contributed by atoms with Crippen LogP contribution in [0.25, 0.3) is 35.7 Å². The highest BCUT2D eigenvalue weighted by Gasteiger charge is 2.30. The molecule has 5 aliphatic heterocycles. The Kier molecular flexibility index (Phi) is 6.42. The Labute approximate surface area is 261 Å². The average Bonchev–Trinajstić information content (AvgIpc) is 3.07. The van der Waals surface area contributed by atoms with Gasteiger partial charge in [0.1, 0.15) is 0 Å². The molecule has 0 radical (unpaired) electrons. The highest BCUT2D eigenvalue weighted by molar-refractivity contribution is 5.77. The fraction of sp³-hybridized carbons (Fsp3) is 0.350. The first-order valence-corrected chi connectivity index (χ1v) is 17.0. The van der Waals surface area contributed by atoms with Crippen LogP contribution in [0.3, 0.4) is 0 Å². The minimum atomic E-state index is 1.01. The smallest absolute Gasteiger partial charge is 0.278 e. The summed E-state index contributed by atoms with van der Waals surface area (Å²) in [7, 11) is 0. The minimum absolute atomic E-state index is 1.01. The molecule has 44 heavy (non-hydrogen) atoms. The van der Waals surface area contributed by atoms with Gasteiger partial charge in [-0.2, -0.15) is 9.13 Å². The van der Waals surface area contributed by atoms with Gasteiger partial charge in [-0.3, -0.25) is 0 Å². The first-order valence-electron chi connectivity index (χ1n) is 17.0. The van der Waals surface area contributed by atoms with E-state index < -0.39 is 0 Å². The number of rotatable bonds is 4. The lowest BCUT2D eigenvalue weighted by molar-refractivity contribution is -0.794. The Hall–Kier alpha value is -4.18. The van der Waals surface area contributed by atoms with Crippen LogP contribution in [0.1, 0.15) is 70.2 Å². The van der Waals surface area contributed by atoms with Gasteiger partial charge in [0.15, 0.2) is 12.4 Å². The van der Waals surface area contributed by atoms with E-state index in [9.17, 15) is 0 Å². The third kappa shape index (κ3) is 4.67. The van der Waals surface area contributed by atoms with Crippen molar-refractivity contribution in [2.45, 2.75) is 64.5 Å². The molecule has 7 heterocycles. The van der Waals surface area contributed by atoms with Gasteiger partial charge in [0.05, 0.1) is 0 Å². The van der Waals surface area contributed by atoms with Crippen LogP contribution < -0.4 is 18.9 Å². The van der Waals surface area contributed by atoms with E-state index in [2.05, 4.69) is 104 Å². The number of aryl methyl sites for hydroxylation is 6. The Morgan fingerprint density at radius 3 is 1.20 bits per heavy atom. The molecule has 0 bridgehead atoms. The summed E-state index contributed by atoms with van der Waals surface area (Å²) in [5.41, 5.74) is 17.1. The van der Waals surface area contributed by atoms with Gasteiger partial charge in [0.2, 0.25) is 13.1 Å². The normalized spacial score (nSPS) is 18.3. The van der Waals surface area contributed by atoms with Gasteiger partial charge < -0.3 is 9.80 Å². The molecule has 0 unspecified atom stereocenters. The molecule has 5 aliphatic rings. The van der Waals surface area contributed by atoms with E-state index in [0.717, 1.165) is 13.1 Å². The maximum atomic E-state index is 2.63. The van der Waals surface area contributed by atoms with E-state index in [1.54, 1.807) is 33.6 Å². The summed E-state index contributed by atoms with van der Waals surface area (Å²) < 4.78 is 4.83. The van der Waals surface area contributed by atoms with Gasteiger partial charge in [-0.15, -0.1) is 0 Å². The van der Waals surface area contributed by atoms with Crippen LogP contribution in [-0.2, 0) is 38.8 Å². The van der Waals surface area contributed by atoms with E-state index in [-0.39, 0.29) is 0 Å². The molecule has 0 spiro atoms. The number of aromatic nitrogens is 2. The van der Waals surface area contributed by atoms with Crippen molar-refractivity contribution >= 4 is 35.7 Å². The maximum Gasteiger partial charge on any atom is 0.278 e. The molecule has 2 aromatic carbocycles. The summed E-state index contributed by atoms with van der Waals surface area (Å²) in [6.45, 7) is 6.93. The van der Waals surface area contributed by atoms with Crippen LogP contribution in [0, 0.1) is 0 Å². The number of benzene rings is 2. The van der Waals surface area contributed by atoms with Gasteiger partial charge >= 0.3 is 0 Å². The van der Waals surface area contributed by atoms with Gasteiger partial charge in [-0.1, -0.05) is 24.3 Å². The number of hydrogen-bond acceptors (Lipinski definition) is 2. The lowest BCUT2D eigenvalue weighted by atomic mass is 9.90. The molecule has 0 fully saturated rings. The topological polar surface area (TPSA) is 14.2 Å². The van der Waals surface area contributed by atoms with E-state index >= 15 is 0 Å². The highest BCUT2D eigenvalue weighted by atomic mass is 15.1. The third-order valence-corrected chi connectivity index (χ3v) is 10.6. The molecule has 220 valence electrons. The summed E-state index contributed by atoms with van der Waals surface area (Å²) in [6, 6.07) is 19.1. The number of anilines is 2. The molecular weight excluding hydrogens is 536 g/mol. The average molecular weight is 579 g/mol. The van der Waals surface area contributed by atoms with Gasteiger partial charge in [0.25, 0.3) is 11.4 Å². The number of pyridine rings is 2. The van der Waals surface area contributed by atoms with Crippen LogP contribution in [0.4, 0.5) is 11.4 Å². The summed E-state index contributed by atoms with van der Waals surface area (Å²) in [5.74, 6) is 0. The third-order valence-electron chi connectivity index (χ3n) is 10.6. The summed E-state index contributed by atoms with van der Waals surface area (Å²) in [5, 5.41) is 0. The summed E-state index contributed by atoms with van der Waals surface area (Å²) >= 11 is 0. The largest absolute Gasteiger partial charge is 0.371 e. The minimum Gasteiger partial charge on any atom is -0.371 e. The molecule has 0 aliphatic carbocycles. The Morgan fingerprint density at radius 1 is 0.455 bits per heavy atom. The van der Waals surface area contributed by atoms with Gasteiger partial charge in [0, 0.05) is 61.8 Å². The van der Waals surface area contributed by atoms with Crippen molar-refractivity contribution in [3.8, 4) is 11.4 Å². The lowest BCUT2D eigenvalue weighted by Crippen LogP contribution is -2.53. The van der Waals surface area contributed by atoms with Crippen molar-refractivity contribution < 1.29 is 9.13 Å². The van der Waals surface area contributed by atoms with Crippen LogP contribution in [-0.4, -0.2) is 26.2 Å². The molecule has 9 rings (SSSR count). The maximum absolute atomic E-state index is 2.63. The molecule has 0 saturated heterocycles. The van der Waals surface area contributed by atoms with Crippen LogP contribution in [0.2, 0.25) is 0 Å². The highest BCUT2D eigenvalue weighted by Crippen LogP contribution is 2.38. The van der Waals surface area contributed by atoms with Crippen molar-refractivity contribution in [1.29, 1.82) is 0 Å². The molecular formula is C40H42N4+2. The fourth-order valence-electron chi connectivity index (χ4n) is 8.58. The van der Waals surface area contributed by atoms with Crippen LogP contribution in [0.5, 0.6) is 0 Å². The van der Waals surface area contributed by atoms with Crippen molar-refractivity contribution in [3.05, 3.63) is 105 Å². The van der Waals surface area contributed by atoms with Crippen molar-refractivity contribution in [3.63, 3.8) is 0 Å². The predicted molar refractivity (Wildman–Crippen MR) is 181 cm³/mol. The second-order valence-corrected chi connectivity index (χ2v) is 13.5. The van der Waals surface area contributed by atoms with E-state index in [0.29, 0.717) is 0 Å². The van der Waals surface area contributed by atoms with Crippen molar-refractivity contribution in [1.82, 2.24) is 0 Å². The Balaban J connectivity index is 1.00. The molecule has 0 amide bonds. The first-order chi connectivity index (χ1) is 21.7. The quantitative estimate of drug-likeness (QED) is 0.251. The molecule has 4 aromatic rings. The van der Waals surface area contributed by atoms with E-state index in [4.69, 9.17) is 0 Å². The number of nitrogens with zero attached hydrogens (tertiary/aromatic N) is 4. The monoisotopic (exact) mass is 578 g/mol. The second kappa shape index (κ2) is 10.8.